The summed E-state index contributed by atoms with van der Waals surface area (Å²) < 4.78 is 5.15. The van der Waals surface area contributed by atoms with Gasteiger partial charge >= 0.3 is 5.97 Å². The van der Waals surface area contributed by atoms with Crippen LogP contribution in [0, 0.1) is 5.41 Å². The minimum atomic E-state index is -2.58. The number of ether oxygens (including phenoxy) is 1. The maximum atomic E-state index is 12.8. The average Bonchev–Trinajstić information content (AvgIpc) is 2.62. The lowest BCUT2D eigenvalue weighted by Gasteiger charge is -2.27. The minimum Gasteiger partial charge on any atom is -0.459 e. The van der Waals surface area contributed by atoms with Crippen molar-refractivity contribution in [2.45, 2.75) is 33.3 Å². The molecule has 0 saturated heterocycles. The standard InChI is InChI=1S/C16H14Cl2O5/c1-7(19)16(14(22)23-15(2,3)4)12(20)10-8(17)5-6-9(18)11(10)13(16)21/h5-6H,1-4H3. The van der Waals surface area contributed by atoms with Gasteiger partial charge in [-0.1, -0.05) is 23.2 Å². The molecular weight excluding hydrogens is 343 g/mol. The van der Waals surface area contributed by atoms with E-state index in [-0.39, 0.29) is 21.2 Å². The molecule has 0 heterocycles. The molecule has 2 rings (SSSR count). The Morgan fingerprint density at radius 3 is 1.70 bits per heavy atom. The predicted molar refractivity (Wildman–Crippen MR) is 84.1 cm³/mol. The zero-order valence-corrected chi connectivity index (χ0v) is 14.5. The smallest absolute Gasteiger partial charge is 0.336 e. The van der Waals surface area contributed by atoms with Crippen molar-refractivity contribution in [1.29, 1.82) is 0 Å². The Labute approximate surface area is 142 Å². The Kier molecular flexibility index (Phi) is 4.16. The number of fused-ring (bicyclic) bond motifs is 1. The largest absolute Gasteiger partial charge is 0.459 e. The molecule has 0 aromatic heterocycles. The molecule has 0 radical (unpaired) electrons. The maximum absolute atomic E-state index is 12.8. The lowest BCUT2D eigenvalue weighted by atomic mass is 9.79. The monoisotopic (exact) mass is 356 g/mol. The van der Waals surface area contributed by atoms with Gasteiger partial charge in [0.05, 0.1) is 21.2 Å². The van der Waals surface area contributed by atoms with Gasteiger partial charge in [-0.15, -0.1) is 0 Å². The number of esters is 1. The van der Waals surface area contributed by atoms with Crippen LogP contribution in [0.3, 0.4) is 0 Å². The third kappa shape index (κ3) is 2.48. The second-order valence-electron chi connectivity index (χ2n) is 6.25. The van der Waals surface area contributed by atoms with Crippen LogP contribution in [0.5, 0.6) is 0 Å². The Bertz CT molecular complexity index is 717. The van der Waals surface area contributed by atoms with Crippen molar-refractivity contribution in [3.05, 3.63) is 33.3 Å². The van der Waals surface area contributed by atoms with Gasteiger partial charge in [0.15, 0.2) is 17.3 Å². The van der Waals surface area contributed by atoms with E-state index in [1.165, 1.54) is 12.1 Å². The first-order valence-corrected chi connectivity index (χ1v) is 7.52. The number of hydrogen-bond donors (Lipinski definition) is 0. The summed E-state index contributed by atoms with van der Waals surface area (Å²) in [5.74, 6) is -4.13. The van der Waals surface area contributed by atoms with Crippen molar-refractivity contribution in [3.63, 3.8) is 0 Å². The molecule has 0 spiro atoms. The third-order valence-corrected chi connectivity index (χ3v) is 4.10. The van der Waals surface area contributed by atoms with Crippen LogP contribution in [-0.2, 0) is 14.3 Å². The van der Waals surface area contributed by atoms with Crippen LogP contribution in [-0.4, -0.2) is 28.9 Å². The first-order chi connectivity index (χ1) is 10.4. The fourth-order valence-corrected chi connectivity index (χ4v) is 2.96. The molecule has 1 aliphatic rings. The Balaban J connectivity index is 2.74. The van der Waals surface area contributed by atoms with Crippen LogP contribution >= 0.6 is 23.2 Å². The van der Waals surface area contributed by atoms with Gasteiger partial charge in [-0.05, 0) is 39.8 Å². The molecule has 0 fully saturated rings. The maximum Gasteiger partial charge on any atom is 0.336 e. The van der Waals surface area contributed by atoms with E-state index in [1.54, 1.807) is 20.8 Å². The van der Waals surface area contributed by atoms with Crippen molar-refractivity contribution < 1.29 is 23.9 Å². The molecule has 5 nitrogen and oxygen atoms in total. The van der Waals surface area contributed by atoms with Crippen molar-refractivity contribution in [3.8, 4) is 0 Å². The number of rotatable bonds is 2. The van der Waals surface area contributed by atoms with Crippen LogP contribution in [0.25, 0.3) is 0 Å². The fourth-order valence-electron chi connectivity index (χ4n) is 2.48. The summed E-state index contributed by atoms with van der Waals surface area (Å²) in [6, 6.07) is 2.67. The molecule has 0 saturated carbocycles. The average molecular weight is 357 g/mol. The van der Waals surface area contributed by atoms with Gasteiger partial charge in [-0.3, -0.25) is 14.4 Å². The number of carbonyl (C=O) groups excluding carboxylic acids is 4. The highest BCUT2D eigenvalue weighted by molar-refractivity contribution is 6.53. The van der Waals surface area contributed by atoms with Gasteiger partial charge in [0.25, 0.3) is 5.41 Å². The molecular formula is C16H14Cl2O5. The van der Waals surface area contributed by atoms with Crippen LogP contribution in [0.4, 0.5) is 0 Å². The number of halogens is 2. The number of carbonyl (C=O) groups is 4. The van der Waals surface area contributed by atoms with Crippen molar-refractivity contribution >= 4 is 46.5 Å². The number of benzene rings is 1. The van der Waals surface area contributed by atoms with E-state index in [4.69, 9.17) is 27.9 Å². The Hall–Kier alpha value is -1.72. The predicted octanol–water partition coefficient (Wildman–Crippen LogP) is 3.29. The summed E-state index contributed by atoms with van der Waals surface area (Å²) in [5.41, 5.74) is -4.00. The lowest BCUT2D eigenvalue weighted by molar-refractivity contribution is -0.163. The first-order valence-electron chi connectivity index (χ1n) is 6.76. The van der Waals surface area contributed by atoms with E-state index in [9.17, 15) is 19.2 Å². The molecule has 0 amide bonds. The van der Waals surface area contributed by atoms with Crippen molar-refractivity contribution in [2.75, 3.05) is 0 Å². The van der Waals surface area contributed by atoms with E-state index >= 15 is 0 Å². The van der Waals surface area contributed by atoms with E-state index < -0.39 is 34.3 Å². The molecule has 122 valence electrons. The third-order valence-electron chi connectivity index (χ3n) is 3.47. The highest BCUT2D eigenvalue weighted by Crippen LogP contribution is 2.45. The van der Waals surface area contributed by atoms with Gasteiger partial charge in [0, 0.05) is 0 Å². The first kappa shape index (κ1) is 17.6. The summed E-state index contributed by atoms with van der Waals surface area (Å²) in [6.45, 7) is 5.69. The van der Waals surface area contributed by atoms with Crippen LogP contribution in [0.2, 0.25) is 10.0 Å². The number of Topliss-reactive ketones (excluding diaryl/α,β-unsaturated/α-hetero) is 3. The van der Waals surface area contributed by atoms with Gasteiger partial charge < -0.3 is 4.74 Å². The molecule has 0 bridgehead atoms. The molecule has 1 aromatic carbocycles. The normalized spacial score (nSPS) is 16.3. The molecule has 23 heavy (non-hydrogen) atoms. The highest BCUT2D eigenvalue weighted by Gasteiger charge is 2.65. The van der Waals surface area contributed by atoms with Crippen LogP contribution in [0.15, 0.2) is 12.1 Å². The van der Waals surface area contributed by atoms with Gasteiger partial charge in [0.2, 0.25) is 0 Å². The van der Waals surface area contributed by atoms with E-state index in [1.807, 2.05) is 0 Å². The summed E-state index contributed by atoms with van der Waals surface area (Å²) in [6.07, 6.45) is 0. The zero-order valence-electron chi connectivity index (χ0n) is 13.0. The topological polar surface area (TPSA) is 77.5 Å². The van der Waals surface area contributed by atoms with E-state index in [2.05, 4.69) is 0 Å². The fraction of sp³-hybridized carbons (Fsp3) is 0.375. The number of hydrogen-bond acceptors (Lipinski definition) is 5. The molecule has 0 unspecified atom stereocenters. The molecule has 1 aromatic rings. The zero-order chi connectivity index (χ0) is 17.7. The van der Waals surface area contributed by atoms with Crippen LogP contribution in [0.1, 0.15) is 48.4 Å². The summed E-state index contributed by atoms with van der Waals surface area (Å²) >= 11 is 12.0. The molecule has 1 aliphatic carbocycles. The molecule has 0 aliphatic heterocycles. The van der Waals surface area contributed by atoms with Gasteiger partial charge in [-0.25, -0.2) is 4.79 Å². The van der Waals surface area contributed by atoms with E-state index in [0.29, 0.717) is 0 Å². The lowest BCUT2D eigenvalue weighted by Crippen LogP contribution is -2.50. The molecule has 7 heteroatoms. The van der Waals surface area contributed by atoms with Gasteiger partial charge in [-0.2, -0.15) is 0 Å². The van der Waals surface area contributed by atoms with Crippen molar-refractivity contribution in [2.24, 2.45) is 5.41 Å². The summed E-state index contributed by atoms with van der Waals surface area (Å²) in [4.78, 5) is 50.3. The second kappa shape index (κ2) is 5.42. The summed E-state index contributed by atoms with van der Waals surface area (Å²) in [7, 11) is 0. The molecule has 0 atom stereocenters. The molecule has 0 N–H and O–H groups in total. The SMILES string of the molecule is CC(=O)C1(C(=O)OC(C)(C)C)C(=O)c2c(Cl)ccc(Cl)c2C1=O. The second-order valence-corrected chi connectivity index (χ2v) is 7.06. The minimum absolute atomic E-state index is 0.0468. The van der Waals surface area contributed by atoms with E-state index in [0.717, 1.165) is 6.92 Å². The Morgan fingerprint density at radius 1 is 1.00 bits per heavy atom. The number of ketones is 3. The summed E-state index contributed by atoms with van der Waals surface area (Å²) in [5, 5.41) is -0.0936. The Morgan fingerprint density at radius 2 is 1.39 bits per heavy atom. The van der Waals surface area contributed by atoms with Gasteiger partial charge in [0.1, 0.15) is 5.60 Å². The highest BCUT2D eigenvalue weighted by atomic mass is 35.5. The van der Waals surface area contributed by atoms with Crippen LogP contribution < -0.4 is 0 Å². The quantitative estimate of drug-likeness (QED) is 0.600. The van der Waals surface area contributed by atoms with Crippen molar-refractivity contribution in [1.82, 2.24) is 0 Å².